The minimum atomic E-state index is -9.74. The maximum absolute atomic E-state index is 12.9. The Bertz CT molecular complexity index is 1110. The molecule has 0 amide bonds. The van der Waals surface area contributed by atoms with Crippen molar-refractivity contribution in [2.24, 2.45) is 7.05 Å². The number of pyridine rings is 1. The fourth-order valence-electron chi connectivity index (χ4n) is 2.70. The minimum absolute atomic E-state index is 0.101. The van der Waals surface area contributed by atoms with Crippen LogP contribution in [0, 0.1) is 0 Å². The molecule has 0 radical (unpaired) electrons. The van der Waals surface area contributed by atoms with Gasteiger partial charge in [-0.2, -0.15) is 0 Å². The molecule has 158 valence electrons. The number of halogens is 5. The molecule has 1 aromatic carbocycles. The van der Waals surface area contributed by atoms with Crippen molar-refractivity contribution in [1.29, 1.82) is 0 Å². The molecule has 0 spiro atoms. The zero-order chi connectivity index (χ0) is 21.5. The van der Waals surface area contributed by atoms with Crippen LogP contribution < -0.4 is 10.3 Å². The summed E-state index contributed by atoms with van der Waals surface area (Å²) in [7, 11) is -6.29. The Morgan fingerprint density at radius 2 is 1.76 bits per heavy atom. The van der Waals surface area contributed by atoms with E-state index in [9.17, 15) is 24.2 Å². The van der Waals surface area contributed by atoms with Gasteiger partial charge in [0, 0.05) is 24.2 Å². The first kappa shape index (κ1) is 21.4. The molecule has 0 aliphatic heterocycles. The Hall–Kier alpha value is -2.31. The number of rotatable bonds is 6. The third kappa shape index (κ3) is 5.00. The Kier molecular flexibility index (Phi) is 4.87. The second-order valence-corrected chi connectivity index (χ2v) is 9.84. The van der Waals surface area contributed by atoms with Crippen molar-refractivity contribution in [3.8, 4) is 11.4 Å². The van der Waals surface area contributed by atoms with E-state index in [0.29, 0.717) is 28.4 Å². The van der Waals surface area contributed by atoms with E-state index in [1.807, 2.05) is 0 Å². The summed E-state index contributed by atoms with van der Waals surface area (Å²) in [6.07, 6.45) is 3.24. The highest BCUT2D eigenvalue weighted by Gasteiger charge is 2.65. The van der Waals surface area contributed by atoms with Crippen molar-refractivity contribution in [1.82, 2.24) is 18.8 Å². The summed E-state index contributed by atoms with van der Waals surface area (Å²) in [5.74, 6) is 0. The lowest BCUT2D eigenvalue weighted by Gasteiger charge is -2.40. The van der Waals surface area contributed by atoms with E-state index >= 15 is 0 Å². The van der Waals surface area contributed by atoms with Gasteiger partial charge in [0.1, 0.15) is 10.6 Å². The molecule has 1 N–H and O–H groups in total. The molecule has 0 atom stereocenters. The number of imidazole rings is 1. The standard InChI is InChI=1S/C17H17F5N4OS2/c1-23-28-13-7-16(15-10-25(2)11-24-15)26(17(27)8-13)9-12-3-5-14(6-4-12)29(18,19,20,21)22/h3-8,10-11,23H,9H2,1-2H3. The van der Waals surface area contributed by atoms with Crippen LogP contribution in [0.5, 0.6) is 0 Å². The van der Waals surface area contributed by atoms with Gasteiger partial charge < -0.3 is 9.13 Å². The Morgan fingerprint density at radius 3 is 2.28 bits per heavy atom. The van der Waals surface area contributed by atoms with Gasteiger partial charge in [0.25, 0.3) is 5.56 Å². The van der Waals surface area contributed by atoms with Crippen LogP contribution >= 0.6 is 22.2 Å². The third-order valence-electron chi connectivity index (χ3n) is 4.00. The van der Waals surface area contributed by atoms with Crippen LogP contribution in [-0.4, -0.2) is 21.2 Å². The molecule has 0 aliphatic rings. The van der Waals surface area contributed by atoms with Gasteiger partial charge in [0.05, 0.1) is 18.6 Å². The van der Waals surface area contributed by atoms with Gasteiger partial charge in [-0.25, -0.2) is 4.98 Å². The van der Waals surface area contributed by atoms with E-state index in [1.165, 1.54) is 22.6 Å². The topological polar surface area (TPSA) is 51.9 Å². The lowest BCUT2D eigenvalue weighted by molar-refractivity contribution is 0.364. The van der Waals surface area contributed by atoms with E-state index in [-0.39, 0.29) is 12.1 Å². The number of nitrogens with zero attached hydrogens (tertiary/aromatic N) is 3. The number of aromatic nitrogens is 3. The molecule has 0 saturated carbocycles. The number of hydrogen-bond donors (Lipinski definition) is 1. The molecule has 0 unspecified atom stereocenters. The van der Waals surface area contributed by atoms with Crippen molar-refractivity contribution >= 4 is 22.2 Å². The zero-order valence-electron chi connectivity index (χ0n) is 15.3. The number of benzene rings is 1. The zero-order valence-corrected chi connectivity index (χ0v) is 16.9. The highest BCUT2D eigenvalue weighted by atomic mass is 32.5. The second-order valence-electron chi connectivity index (χ2n) is 6.34. The summed E-state index contributed by atoms with van der Waals surface area (Å²) in [6.45, 7) is -0.101. The van der Waals surface area contributed by atoms with E-state index < -0.39 is 20.7 Å². The minimum Gasteiger partial charge on any atom is -0.340 e. The van der Waals surface area contributed by atoms with Gasteiger partial charge in [-0.15, -0.1) is 0 Å². The Balaban J connectivity index is 2.04. The summed E-state index contributed by atoms with van der Waals surface area (Å²) in [6, 6.07) is 5.65. The first-order chi connectivity index (χ1) is 13.3. The number of hydrogen-bond acceptors (Lipinski definition) is 4. The van der Waals surface area contributed by atoms with Crippen molar-refractivity contribution in [3.63, 3.8) is 0 Å². The molecule has 0 aliphatic carbocycles. The van der Waals surface area contributed by atoms with Crippen molar-refractivity contribution in [3.05, 3.63) is 64.8 Å². The van der Waals surface area contributed by atoms with Gasteiger partial charge >= 0.3 is 10.2 Å². The molecule has 2 heterocycles. The lowest BCUT2D eigenvalue weighted by Crippen LogP contribution is -2.22. The first-order valence-electron chi connectivity index (χ1n) is 8.17. The molecular formula is C17H17F5N4OS2. The fraction of sp³-hybridized carbons (Fsp3) is 0.176. The summed E-state index contributed by atoms with van der Waals surface area (Å²) >= 11 is 1.22. The van der Waals surface area contributed by atoms with Crippen molar-refractivity contribution in [2.75, 3.05) is 7.05 Å². The van der Waals surface area contributed by atoms with Crippen LogP contribution in [0.1, 0.15) is 5.56 Å². The number of nitrogens with one attached hydrogen (secondary N) is 1. The van der Waals surface area contributed by atoms with Crippen molar-refractivity contribution in [2.45, 2.75) is 16.3 Å². The molecule has 12 heteroatoms. The van der Waals surface area contributed by atoms with E-state index in [1.54, 1.807) is 37.3 Å². The fourth-order valence-corrected chi connectivity index (χ4v) is 3.92. The molecule has 3 rings (SSSR count). The van der Waals surface area contributed by atoms with Crippen LogP contribution in [0.3, 0.4) is 0 Å². The van der Waals surface area contributed by atoms with E-state index in [2.05, 4.69) is 9.71 Å². The van der Waals surface area contributed by atoms with Gasteiger partial charge in [0.2, 0.25) is 0 Å². The average molecular weight is 452 g/mol. The predicted octanol–water partition coefficient (Wildman–Crippen LogP) is 5.18. The summed E-state index contributed by atoms with van der Waals surface area (Å²) in [4.78, 5) is 15.5. The van der Waals surface area contributed by atoms with Crippen molar-refractivity contribution < 1.29 is 19.4 Å². The van der Waals surface area contributed by atoms with E-state index in [4.69, 9.17) is 0 Å². The van der Waals surface area contributed by atoms with Crippen LogP contribution in [-0.2, 0) is 13.6 Å². The van der Waals surface area contributed by atoms with Crippen LogP contribution in [0.25, 0.3) is 11.4 Å². The normalized spacial score (nSPS) is 14.4. The number of aryl methyl sites for hydroxylation is 1. The highest BCUT2D eigenvalue weighted by Crippen LogP contribution is 3.02. The lowest BCUT2D eigenvalue weighted by atomic mass is 10.2. The summed E-state index contributed by atoms with van der Waals surface area (Å²) in [5, 5.41) is 0. The Labute approximate surface area is 167 Å². The molecule has 3 aromatic rings. The third-order valence-corrected chi connectivity index (χ3v) is 5.84. The second kappa shape index (κ2) is 6.61. The molecule has 0 saturated heterocycles. The Morgan fingerprint density at radius 1 is 1.10 bits per heavy atom. The summed E-state index contributed by atoms with van der Waals surface area (Å²) in [5.41, 5.74) is 0.811. The molecule has 29 heavy (non-hydrogen) atoms. The monoisotopic (exact) mass is 452 g/mol. The molecular weight excluding hydrogens is 435 g/mol. The largest absolute Gasteiger partial charge is 0.340 e. The SMILES string of the molecule is CNSc1cc(-c2cn(C)cn2)n(Cc2ccc(S(F)(F)(F)(F)F)cc2)c(=O)c1. The predicted molar refractivity (Wildman–Crippen MR) is 105 cm³/mol. The molecule has 2 aromatic heterocycles. The van der Waals surface area contributed by atoms with Crippen LogP contribution in [0.4, 0.5) is 19.4 Å². The average Bonchev–Trinajstić information content (AvgIpc) is 3.02. The molecule has 5 nitrogen and oxygen atoms in total. The van der Waals surface area contributed by atoms with Crippen LogP contribution in [0.15, 0.2) is 63.5 Å². The van der Waals surface area contributed by atoms with Gasteiger partial charge in [-0.1, -0.05) is 31.6 Å². The maximum Gasteiger partial charge on any atom is 0.310 e. The smallest absolute Gasteiger partial charge is 0.310 e. The summed E-state index contributed by atoms with van der Waals surface area (Å²) < 4.78 is 70.4. The first-order valence-corrected chi connectivity index (χ1v) is 10.9. The highest BCUT2D eigenvalue weighted by molar-refractivity contribution is 8.45. The van der Waals surface area contributed by atoms with Gasteiger partial charge in [-0.05, 0) is 42.8 Å². The van der Waals surface area contributed by atoms with E-state index in [0.717, 1.165) is 12.1 Å². The quantitative estimate of drug-likeness (QED) is 0.414. The molecule has 0 fully saturated rings. The van der Waals surface area contributed by atoms with Gasteiger partial charge in [-0.3, -0.25) is 9.52 Å². The van der Waals surface area contributed by atoms with Gasteiger partial charge in [0.15, 0.2) is 0 Å². The maximum atomic E-state index is 12.9. The van der Waals surface area contributed by atoms with Crippen LogP contribution in [0.2, 0.25) is 0 Å². The molecule has 0 bridgehead atoms.